The minimum Gasteiger partial charge on any atom is -0.311 e. The summed E-state index contributed by atoms with van der Waals surface area (Å²) in [5, 5.41) is 12.1. The van der Waals surface area contributed by atoms with Crippen molar-refractivity contribution >= 4 is 0 Å². The summed E-state index contributed by atoms with van der Waals surface area (Å²) in [5.41, 5.74) is 1.07. The van der Waals surface area contributed by atoms with E-state index in [1.165, 1.54) is 6.07 Å². The van der Waals surface area contributed by atoms with E-state index in [-0.39, 0.29) is 11.1 Å². The SMILES string of the molecule is CN(C)C(C)(C)CNCc1ccc(F)c(C#N)c1. The largest absolute Gasteiger partial charge is 0.311 e. The molecule has 0 fully saturated rings. The summed E-state index contributed by atoms with van der Waals surface area (Å²) < 4.78 is 13.1. The highest BCUT2D eigenvalue weighted by Crippen LogP contribution is 2.11. The zero-order valence-corrected chi connectivity index (χ0v) is 11.4. The van der Waals surface area contributed by atoms with Gasteiger partial charge < -0.3 is 10.2 Å². The van der Waals surface area contributed by atoms with Gasteiger partial charge in [0.25, 0.3) is 0 Å². The Balaban J connectivity index is 2.58. The quantitative estimate of drug-likeness (QED) is 0.869. The Morgan fingerprint density at radius 2 is 2.06 bits per heavy atom. The van der Waals surface area contributed by atoms with E-state index >= 15 is 0 Å². The van der Waals surface area contributed by atoms with E-state index in [1.807, 2.05) is 20.2 Å². The highest BCUT2D eigenvalue weighted by molar-refractivity contribution is 5.34. The maximum Gasteiger partial charge on any atom is 0.140 e. The van der Waals surface area contributed by atoms with Gasteiger partial charge in [-0.15, -0.1) is 0 Å². The fourth-order valence-electron chi connectivity index (χ4n) is 1.44. The minimum absolute atomic E-state index is 0.0537. The van der Waals surface area contributed by atoms with Gasteiger partial charge in [-0.05, 0) is 45.6 Å². The van der Waals surface area contributed by atoms with E-state index in [4.69, 9.17) is 5.26 Å². The zero-order valence-electron chi connectivity index (χ0n) is 11.4. The van der Waals surface area contributed by atoms with Crippen LogP contribution < -0.4 is 5.32 Å². The summed E-state index contributed by atoms with van der Waals surface area (Å²) in [7, 11) is 4.07. The van der Waals surface area contributed by atoms with Crippen LogP contribution in [0.25, 0.3) is 0 Å². The third-order valence-electron chi connectivity index (χ3n) is 3.25. The molecule has 1 rings (SSSR count). The van der Waals surface area contributed by atoms with Crippen molar-refractivity contribution in [3.8, 4) is 6.07 Å². The first-order valence-electron chi connectivity index (χ1n) is 5.93. The Labute approximate surface area is 108 Å². The summed E-state index contributed by atoms with van der Waals surface area (Å²) in [5.74, 6) is -0.463. The molecule has 0 radical (unpaired) electrons. The fourth-order valence-corrected chi connectivity index (χ4v) is 1.44. The van der Waals surface area contributed by atoms with Gasteiger partial charge in [-0.3, -0.25) is 0 Å². The van der Waals surface area contributed by atoms with Crippen molar-refractivity contribution in [3.05, 3.63) is 35.1 Å². The minimum atomic E-state index is -0.463. The predicted octanol–water partition coefficient (Wildman–Crippen LogP) is 2.13. The number of hydrogen-bond acceptors (Lipinski definition) is 3. The van der Waals surface area contributed by atoms with Gasteiger partial charge in [0.2, 0.25) is 0 Å². The fraction of sp³-hybridized carbons (Fsp3) is 0.500. The first kappa shape index (κ1) is 14.6. The summed E-state index contributed by atoms with van der Waals surface area (Å²) in [6.07, 6.45) is 0. The normalized spacial score (nSPS) is 11.6. The Hall–Kier alpha value is -1.44. The lowest BCUT2D eigenvalue weighted by Gasteiger charge is -2.32. The van der Waals surface area contributed by atoms with E-state index < -0.39 is 5.82 Å². The molecule has 1 aromatic carbocycles. The predicted molar refractivity (Wildman–Crippen MR) is 70.6 cm³/mol. The van der Waals surface area contributed by atoms with Gasteiger partial charge in [0.1, 0.15) is 11.9 Å². The summed E-state index contributed by atoms with van der Waals surface area (Å²) in [4.78, 5) is 2.14. The smallest absolute Gasteiger partial charge is 0.140 e. The zero-order chi connectivity index (χ0) is 13.8. The highest BCUT2D eigenvalue weighted by Gasteiger charge is 2.19. The maximum absolute atomic E-state index is 13.1. The van der Waals surface area contributed by atoms with E-state index in [0.717, 1.165) is 12.1 Å². The second kappa shape index (κ2) is 5.94. The Morgan fingerprint density at radius 1 is 1.39 bits per heavy atom. The van der Waals surface area contributed by atoms with Crippen molar-refractivity contribution in [1.29, 1.82) is 5.26 Å². The molecule has 0 atom stereocenters. The van der Waals surface area contributed by atoms with Crippen LogP contribution in [0.1, 0.15) is 25.0 Å². The van der Waals surface area contributed by atoms with Gasteiger partial charge in [0.15, 0.2) is 0 Å². The lowest BCUT2D eigenvalue weighted by molar-refractivity contribution is 0.190. The average molecular weight is 249 g/mol. The number of benzene rings is 1. The van der Waals surface area contributed by atoms with Gasteiger partial charge in [0, 0.05) is 18.6 Å². The molecule has 4 heteroatoms. The van der Waals surface area contributed by atoms with E-state index in [9.17, 15) is 4.39 Å². The molecule has 0 aliphatic rings. The van der Waals surface area contributed by atoms with Gasteiger partial charge in [-0.25, -0.2) is 4.39 Å². The first-order valence-corrected chi connectivity index (χ1v) is 5.93. The number of nitrogens with zero attached hydrogens (tertiary/aromatic N) is 2. The molecule has 0 saturated heterocycles. The van der Waals surface area contributed by atoms with Crippen molar-refractivity contribution in [2.45, 2.75) is 25.9 Å². The topological polar surface area (TPSA) is 39.1 Å². The number of rotatable bonds is 5. The second-order valence-electron chi connectivity index (χ2n) is 5.24. The highest BCUT2D eigenvalue weighted by atomic mass is 19.1. The summed E-state index contributed by atoms with van der Waals surface area (Å²) in [6, 6.07) is 6.48. The first-order chi connectivity index (χ1) is 8.36. The number of nitriles is 1. The molecule has 0 heterocycles. The lowest BCUT2D eigenvalue weighted by Crippen LogP contribution is -2.46. The van der Waals surface area contributed by atoms with Crippen molar-refractivity contribution in [2.24, 2.45) is 0 Å². The van der Waals surface area contributed by atoms with E-state index in [1.54, 1.807) is 12.1 Å². The summed E-state index contributed by atoms with van der Waals surface area (Å²) in [6.45, 7) is 5.74. The molecule has 0 unspecified atom stereocenters. The van der Waals surface area contributed by atoms with Gasteiger partial charge >= 0.3 is 0 Å². The third kappa shape index (κ3) is 3.80. The molecule has 0 aliphatic carbocycles. The number of halogens is 1. The van der Waals surface area contributed by atoms with Crippen LogP contribution in [0.15, 0.2) is 18.2 Å². The van der Waals surface area contributed by atoms with E-state index in [0.29, 0.717) is 6.54 Å². The molecule has 3 nitrogen and oxygen atoms in total. The van der Waals surface area contributed by atoms with Crippen LogP contribution >= 0.6 is 0 Å². The maximum atomic E-state index is 13.1. The van der Waals surface area contributed by atoms with Crippen LogP contribution in [0, 0.1) is 17.1 Å². The van der Waals surface area contributed by atoms with Gasteiger partial charge in [-0.2, -0.15) is 5.26 Å². The molecule has 0 amide bonds. The van der Waals surface area contributed by atoms with Crippen LogP contribution in [0.2, 0.25) is 0 Å². The average Bonchev–Trinajstić information content (AvgIpc) is 2.31. The number of hydrogen-bond donors (Lipinski definition) is 1. The van der Waals surface area contributed by atoms with Crippen LogP contribution in [-0.2, 0) is 6.54 Å². The molecule has 98 valence electrons. The van der Waals surface area contributed by atoms with Crippen LogP contribution in [0.3, 0.4) is 0 Å². The summed E-state index contributed by atoms with van der Waals surface area (Å²) >= 11 is 0. The molecule has 18 heavy (non-hydrogen) atoms. The molecule has 1 N–H and O–H groups in total. The molecular formula is C14H20FN3. The molecule has 0 aliphatic heterocycles. The van der Waals surface area contributed by atoms with E-state index in [2.05, 4.69) is 24.1 Å². The molecule has 0 saturated carbocycles. The molecule has 1 aromatic rings. The third-order valence-corrected chi connectivity index (χ3v) is 3.25. The molecular weight excluding hydrogens is 229 g/mol. The Morgan fingerprint density at radius 3 is 2.61 bits per heavy atom. The van der Waals surface area contributed by atoms with Gasteiger partial charge in [0.05, 0.1) is 5.56 Å². The Bertz CT molecular complexity index is 447. The molecule has 0 aromatic heterocycles. The van der Waals surface area contributed by atoms with Crippen molar-refractivity contribution in [3.63, 3.8) is 0 Å². The van der Waals surface area contributed by atoms with Crippen LogP contribution in [0.5, 0.6) is 0 Å². The monoisotopic (exact) mass is 249 g/mol. The van der Waals surface area contributed by atoms with Crippen molar-refractivity contribution in [2.75, 3.05) is 20.6 Å². The lowest BCUT2D eigenvalue weighted by atomic mass is 10.0. The standard InChI is InChI=1S/C14H20FN3/c1-14(2,18(3)4)10-17-9-11-5-6-13(15)12(7-11)8-16/h5-7,17H,9-10H2,1-4H3. The molecule has 0 spiro atoms. The molecule has 0 bridgehead atoms. The van der Waals surface area contributed by atoms with Crippen LogP contribution in [-0.4, -0.2) is 31.1 Å². The Kier molecular flexibility index (Phi) is 4.83. The number of nitrogens with one attached hydrogen (secondary N) is 1. The number of likely N-dealkylation sites (N-methyl/N-ethyl adjacent to an activating group) is 1. The van der Waals surface area contributed by atoms with Crippen LogP contribution in [0.4, 0.5) is 4.39 Å². The van der Waals surface area contributed by atoms with Gasteiger partial charge in [-0.1, -0.05) is 6.07 Å². The second-order valence-corrected chi connectivity index (χ2v) is 5.24. The van der Waals surface area contributed by atoms with Crippen molar-refractivity contribution < 1.29 is 4.39 Å². The van der Waals surface area contributed by atoms with Crippen molar-refractivity contribution in [1.82, 2.24) is 10.2 Å².